The molecule has 9 heteroatoms. The van der Waals surface area contributed by atoms with Gasteiger partial charge in [0.25, 0.3) is 0 Å². The second kappa shape index (κ2) is 10.7. The quantitative estimate of drug-likeness (QED) is 0.292. The van der Waals surface area contributed by atoms with Gasteiger partial charge in [-0.1, -0.05) is 24.3 Å². The summed E-state index contributed by atoms with van der Waals surface area (Å²) in [5, 5.41) is 7.15. The SMILES string of the molecule is Cc1ccccc1NC(=O)CCN1C(=S)NC(c2ccccn2)C1c1cc(C)n(-c2ccc3c(c2)OCO3)c1C. The lowest BCUT2D eigenvalue weighted by atomic mass is 9.96. The molecule has 0 saturated carbocycles. The molecule has 0 aliphatic carbocycles. The fourth-order valence-corrected chi connectivity index (χ4v) is 5.97. The van der Waals surface area contributed by atoms with E-state index < -0.39 is 0 Å². The number of pyridine rings is 1. The number of anilines is 1. The molecule has 2 aliphatic heterocycles. The maximum atomic E-state index is 13.0. The first-order valence-electron chi connectivity index (χ1n) is 13.3. The average molecular weight is 554 g/mol. The first-order chi connectivity index (χ1) is 19.4. The van der Waals surface area contributed by atoms with Crippen molar-refractivity contribution in [3.05, 3.63) is 101 Å². The molecule has 2 atom stereocenters. The molecule has 2 aromatic carbocycles. The van der Waals surface area contributed by atoms with Crippen molar-refractivity contribution in [1.82, 2.24) is 19.8 Å². The van der Waals surface area contributed by atoms with Crippen LogP contribution < -0.4 is 20.1 Å². The molecule has 2 unspecified atom stereocenters. The van der Waals surface area contributed by atoms with Gasteiger partial charge < -0.3 is 29.6 Å². The summed E-state index contributed by atoms with van der Waals surface area (Å²) in [6, 6.07) is 21.6. The van der Waals surface area contributed by atoms with Gasteiger partial charge in [0.1, 0.15) is 0 Å². The first-order valence-corrected chi connectivity index (χ1v) is 13.7. The Kier molecular flexibility index (Phi) is 6.89. The monoisotopic (exact) mass is 553 g/mol. The van der Waals surface area contributed by atoms with Gasteiger partial charge in [-0.25, -0.2) is 0 Å². The Bertz CT molecular complexity index is 1590. The molecule has 2 aliphatic rings. The Morgan fingerprint density at radius 1 is 1.05 bits per heavy atom. The van der Waals surface area contributed by atoms with Crippen molar-refractivity contribution in [3.8, 4) is 17.2 Å². The van der Waals surface area contributed by atoms with Crippen molar-refractivity contribution in [2.24, 2.45) is 0 Å². The number of carbonyl (C=O) groups is 1. The third-order valence-corrected chi connectivity index (χ3v) is 7.95. The minimum Gasteiger partial charge on any atom is -0.454 e. The van der Waals surface area contributed by atoms with Gasteiger partial charge in [0.2, 0.25) is 12.7 Å². The molecule has 4 heterocycles. The van der Waals surface area contributed by atoms with Crippen LogP contribution in [0.4, 0.5) is 5.69 Å². The number of benzene rings is 2. The summed E-state index contributed by atoms with van der Waals surface area (Å²) in [6.45, 7) is 6.89. The van der Waals surface area contributed by atoms with Crippen LogP contribution in [0.1, 0.15) is 46.7 Å². The molecule has 0 radical (unpaired) electrons. The standard InChI is InChI=1S/C31H31N5O3S/c1-19-8-4-5-9-24(19)33-28(37)13-15-35-30(29(34-31(35)40)25-10-6-7-14-32-25)23-16-20(2)36(21(23)3)22-11-12-26-27(17-22)39-18-38-26/h4-12,14,16-17,29-30H,13,15,18H2,1-3H3,(H,33,37)(H,34,40). The summed E-state index contributed by atoms with van der Waals surface area (Å²) >= 11 is 5.85. The van der Waals surface area contributed by atoms with Gasteiger partial charge >= 0.3 is 0 Å². The number of hydrogen-bond donors (Lipinski definition) is 2. The third-order valence-electron chi connectivity index (χ3n) is 7.60. The molecule has 6 rings (SSSR count). The number of fused-ring (bicyclic) bond motifs is 1. The van der Waals surface area contributed by atoms with E-state index in [1.807, 2.05) is 67.6 Å². The van der Waals surface area contributed by atoms with Crippen LogP contribution >= 0.6 is 12.2 Å². The van der Waals surface area contributed by atoms with E-state index in [1.165, 1.54) is 0 Å². The molecular formula is C31H31N5O3S. The molecule has 0 bridgehead atoms. The van der Waals surface area contributed by atoms with E-state index in [-0.39, 0.29) is 24.8 Å². The van der Waals surface area contributed by atoms with E-state index in [0.29, 0.717) is 18.1 Å². The van der Waals surface area contributed by atoms with Gasteiger partial charge in [-0.3, -0.25) is 9.78 Å². The van der Waals surface area contributed by atoms with E-state index >= 15 is 0 Å². The van der Waals surface area contributed by atoms with Gasteiger partial charge in [0.05, 0.1) is 17.8 Å². The van der Waals surface area contributed by atoms with Gasteiger partial charge in [0, 0.05) is 48.0 Å². The number of amides is 1. The summed E-state index contributed by atoms with van der Waals surface area (Å²) < 4.78 is 13.4. The highest BCUT2D eigenvalue weighted by Crippen LogP contribution is 2.42. The van der Waals surface area contributed by atoms with Crippen LogP contribution in [0.3, 0.4) is 0 Å². The molecule has 1 amide bonds. The smallest absolute Gasteiger partial charge is 0.231 e. The maximum Gasteiger partial charge on any atom is 0.231 e. The Labute approximate surface area is 238 Å². The fourth-order valence-electron chi connectivity index (χ4n) is 5.64. The zero-order chi connectivity index (χ0) is 27.8. The Hall–Kier alpha value is -4.37. The van der Waals surface area contributed by atoms with E-state index in [9.17, 15) is 4.79 Å². The predicted molar refractivity (Wildman–Crippen MR) is 158 cm³/mol. The summed E-state index contributed by atoms with van der Waals surface area (Å²) in [6.07, 6.45) is 2.09. The van der Waals surface area contributed by atoms with Gasteiger partial charge in [-0.05, 0) is 80.5 Å². The minimum absolute atomic E-state index is 0.0528. The van der Waals surface area contributed by atoms with Gasteiger partial charge in [-0.2, -0.15) is 0 Å². The second-order valence-electron chi connectivity index (χ2n) is 10.1. The molecule has 2 N–H and O–H groups in total. The Morgan fingerprint density at radius 2 is 1.85 bits per heavy atom. The average Bonchev–Trinajstić information content (AvgIpc) is 3.63. The number of aromatic nitrogens is 2. The fraction of sp³-hybridized carbons (Fsp3) is 0.258. The van der Waals surface area contributed by atoms with Crippen molar-refractivity contribution >= 4 is 28.9 Å². The van der Waals surface area contributed by atoms with E-state index in [4.69, 9.17) is 21.7 Å². The Morgan fingerprint density at radius 3 is 2.65 bits per heavy atom. The highest BCUT2D eigenvalue weighted by Gasteiger charge is 2.41. The third kappa shape index (κ3) is 4.77. The lowest BCUT2D eigenvalue weighted by Gasteiger charge is -2.28. The zero-order valence-corrected chi connectivity index (χ0v) is 23.5. The van der Waals surface area contributed by atoms with E-state index in [1.54, 1.807) is 6.20 Å². The topological polar surface area (TPSA) is 80.7 Å². The number of nitrogens with one attached hydrogen (secondary N) is 2. The van der Waals surface area contributed by atoms with Crippen LogP contribution in [0.25, 0.3) is 5.69 Å². The van der Waals surface area contributed by atoms with Crippen LogP contribution in [0.5, 0.6) is 11.5 Å². The first kappa shape index (κ1) is 25.9. The summed E-state index contributed by atoms with van der Waals surface area (Å²) in [5.41, 5.74) is 7.04. The van der Waals surface area contributed by atoms with E-state index in [0.717, 1.165) is 51.1 Å². The predicted octanol–water partition coefficient (Wildman–Crippen LogP) is 5.53. The number of aryl methyl sites for hydroxylation is 2. The van der Waals surface area contributed by atoms with E-state index in [2.05, 4.69) is 45.0 Å². The van der Waals surface area contributed by atoms with Crippen molar-refractivity contribution in [1.29, 1.82) is 0 Å². The van der Waals surface area contributed by atoms with Crippen LogP contribution in [0.15, 0.2) is 72.9 Å². The normalized spacial score (nSPS) is 17.7. The Balaban J connectivity index is 1.33. The number of carbonyl (C=O) groups excluding carboxylic acids is 1. The molecule has 8 nitrogen and oxygen atoms in total. The number of hydrogen-bond acceptors (Lipinski definition) is 5. The van der Waals surface area contributed by atoms with Crippen molar-refractivity contribution < 1.29 is 14.3 Å². The molecule has 40 heavy (non-hydrogen) atoms. The number of thiocarbonyl (C=S) groups is 1. The summed E-state index contributed by atoms with van der Waals surface area (Å²) in [7, 11) is 0. The largest absolute Gasteiger partial charge is 0.454 e. The lowest BCUT2D eigenvalue weighted by molar-refractivity contribution is -0.116. The molecule has 1 fully saturated rings. The molecular weight excluding hydrogens is 522 g/mol. The highest BCUT2D eigenvalue weighted by atomic mass is 32.1. The number of para-hydroxylation sites is 1. The maximum absolute atomic E-state index is 13.0. The molecule has 2 aromatic heterocycles. The molecule has 0 spiro atoms. The second-order valence-corrected chi connectivity index (χ2v) is 10.5. The van der Waals surface area contributed by atoms with Crippen LogP contribution in [-0.2, 0) is 4.79 Å². The van der Waals surface area contributed by atoms with Crippen molar-refractivity contribution in [2.75, 3.05) is 18.7 Å². The van der Waals surface area contributed by atoms with Crippen LogP contribution in [0, 0.1) is 20.8 Å². The molecule has 4 aromatic rings. The minimum atomic E-state index is -0.168. The van der Waals surface area contributed by atoms with Crippen LogP contribution in [-0.4, -0.2) is 38.8 Å². The zero-order valence-electron chi connectivity index (χ0n) is 22.7. The summed E-state index contributed by atoms with van der Waals surface area (Å²) in [4.78, 5) is 19.8. The van der Waals surface area contributed by atoms with Crippen molar-refractivity contribution in [3.63, 3.8) is 0 Å². The number of rotatable bonds is 7. The summed E-state index contributed by atoms with van der Waals surface area (Å²) in [5.74, 6) is 1.44. The van der Waals surface area contributed by atoms with Crippen molar-refractivity contribution in [2.45, 2.75) is 39.3 Å². The number of nitrogens with zero attached hydrogens (tertiary/aromatic N) is 3. The van der Waals surface area contributed by atoms with Crippen LogP contribution in [0.2, 0.25) is 0 Å². The molecule has 204 valence electrons. The van der Waals surface area contributed by atoms with Gasteiger partial charge in [0.15, 0.2) is 16.6 Å². The number of ether oxygens (including phenoxy) is 2. The highest BCUT2D eigenvalue weighted by molar-refractivity contribution is 7.80. The molecule has 1 saturated heterocycles. The lowest BCUT2D eigenvalue weighted by Crippen LogP contribution is -2.33. The van der Waals surface area contributed by atoms with Gasteiger partial charge in [-0.15, -0.1) is 0 Å².